The van der Waals surface area contributed by atoms with Crippen molar-refractivity contribution in [2.75, 3.05) is 4.90 Å². The lowest BCUT2D eigenvalue weighted by Gasteiger charge is -2.28. The summed E-state index contributed by atoms with van der Waals surface area (Å²) in [6.07, 6.45) is 1.92. The molecule has 0 bridgehead atoms. The quantitative estimate of drug-likeness (QED) is 0.268. The summed E-state index contributed by atoms with van der Waals surface area (Å²) in [4.78, 5) is 28.4. The van der Waals surface area contributed by atoms with Crippen LogP contribution in [0.5, 0.6) is 0 Å². The number of rotatable bonds is 3. The molecule has 4 nitrogen and oxygen atoms in total. The van der Waals surface area contributed by atoms with Gasteiger partial charge in [0, 0.05) is 28.2 Å². The summed E-state index contributed by atoms with van der Waals surface area (Å²) in [6.45, 7) is 8.21. The highest BCUT2D eigenvalue weighted by molar-refractivity contribution is 6.43. The number of hydrogen-bond acceptors (Lipinski definition) is 2. The normalized spacial score (nSPS) is 14.6. The number of nitrogens with zero attached hydrogens (tertiary/aromatic N) is 2. The van der Waals surface area contributed by atoms with Gasteiger partial charge >= 0.3 is 0 Å². The third-order valence-corrected chi connectivity index (χ3v) is 6.50. The van der Waals surface area contributed by atoms with Crippen LogP contribution in [0.25, 0.3) is 17.3 Å². The molecular weight excluding hydrogens is 420 g/mol. The Morgan fingerprint density at radius 2 is 1.35 bits per heavy atom. The molecule has 4 aromatic rings. The van der Waals surface area contributed by atoms with Gasteiger partial charge in [0.1, 0.15) is 0 Å². The van der Waals surface area contributed by atoms with Crippen LogP contribution >= 0.6 is 0 Å². The van der Waals surface area contributed by atoms with Gasteiger partial charge in [0.15, 0.2) is 0 Å². The number of para-hydroxylation sites is 1. The zero-order valence-corrected chi connectivity index (χ0v) is 19.8. The van der Waals surface area contributed by atoms with E-state index in [2.05, 4.69) is 43.5 Å². The lowest BCUT2D eigenvalue weighted by Crippen LogP contribution is -2.41. The minimum Gasteiger partial charge on any atom is -0.318 e. The summed E-state index contributed by atoms with van der Waals surface area (Å²) in [7, 11) is 0. The van der Waals surface area contributed by atoms with Crippen LogP contribution < -0.4 is 4.90 Å². The summed E-state index contributed by atoms with van der Waals surface area (Å²) in [5.74, 6) is -0.611. The van der Waals surface area contributed by atoms with E-state index >= 15 is 0 Å². The fraction of sp³-hybridized carbons (Fsp3) is 0.133. The molecule has 0 fully saturated rings. The molecule has 3 aromatic carbocycles. The third-order valence-electron chi connectivity index (χ3n) is 6.50. The molecule has 168 valence electrons. The fourth-order valence-corrected chi connectivity index (χ4v) is 4.69. The van der Waals surface area contributed by atoms with Crippen molar-refractivity contribution in [3.05, 3.63) is 118 Å². The van der Waals surface area contributed by atoms with Gasteiger partial charge in [0.25, 0.3) is 11.8 Å². The van der Waals surface area contributed by atoms with Crippen molar-refractivity contribution in [3.63, 3.8) is 0 Å². The number of aryl methyl sites for hydroxylation is 3. The Labute approximate surface area is 199 Å². The molecule has 0 unspecified atom stereocenters. The largest absolute Gasteiger partial charge is 0.318 e. The highest BCUT2D eigenvalue weighted by Gasteiger charge is 2.35. The smallest absolute Gasteiger partial charge is 0.265 e. The molecule has 0 saturated carbocycles. The second-order valence-electron chi connectivity index (χ2n) is 8.83. The Morgan fingerprint density at radius 1 is 0.706 bits per heavy atom. The van der Waals surface area contributed by atoms with Gasteiger partial charge in [0.2, 0.25) is 0 Å². The Morgan fingerprint density at radius 3 is 2.06 bits per heavy atom. The molecule has 0 saturated heterocycles. The van der Waals surface area contributed by atoms with E-state index in [0.717, 1.165) is 28.2 Å². The van der Waals surface area contributed by atoms with Crippen LogP contribution in [0.15, 0.2) is 78.9 Å². The van der Waals surface area contributed by atoms with Crippen molar-refractivity contribution in [3.8, 4) is 5.69 Å². The first-order valence-corrected chi connectivity index (χ1v) is 11.4. The number of fused-ring (bicyclic) bond motifs is 1. The second-order valence-corrected chi connectivity index (χ2v) is 8.83. The summed E-state index contributed by atoms with van der Waals surface area (Å²) >= 11 is 0. The van der Waals surface area contributed by atoms with Crippen LogP contribution in [0.4, 0.5) is 5.69 Å². The molecule has 34 heavy (non-hydrogen) atoms. The van der Waals surface area contributed by atoms with E-state index in [1.165, 1.54) is 10.5 Å². The third kappa shape index (κ3) is 3.48. The SMILES string of the molecule is Cc1ccc(N2C(=O)C(=Cc3cc(C)n(-c4ccccc4C)c3C)c3ccccc3C2=O)cc1. The maximum atomic E-state index is 13.7. The van der Waals surface area contributed by atoms with Crippen molar-refractivity contribution >= 4 is 29.2 Å². The number of imide groups is 1. The maximum absolute atomic E-state index is 13.7. The van der Waals surface area contributed by atoms with Crippen molar-refractivity contribution in [1.82, 2.24) is 4.57 Å². The topological polar surface area (TPSA) is 42.3 Å². The van der Waals surface area contributed by atoms with Crippen LogP contribution in [-0.4, -0.2) is 16.4 Å². The predicted molar refractivity (Wildman–Crippen MR) is 137 cm³/mol. The summed E-state index contributed by atoms with van der Waals surface area (Å²) < 4.78 is 2.21. The summed E-state index contributed by atoms with van der Waals surface area (Å²) in [5, 5.41) is 0. The van der Waals surface area contributed by atoms with E-state index in [0.29, 0.717) is 22.4 Å². The monoisotopic (exact) mass is 446 g/mol. The lowest BCUT2D eigenvalue weighted by atomic mass is 9.91. The molecule has 1 aliphatic heterocycles. The van der Waals surface area contributed by atoms with Gasteiger partial charge < -0.3 is 4.57 Å². The zero-order valence-electron chi connectivity index (χ0n) is 19.8. The van der Waals surface area contributed by atoms with Gasteiger partial charge in [-0.3, -0.25) is 9.59 Å². The Bertz CT molecular complexity index is 1470. The average molecular weight is 447 g/mol. The highest BCUT2D eigenvalue weighted by Crippen LogP contribution is 2.35. The second kappa shape index (κ2) is 8.31. The molecule has 0 aliphatic carbocycles. The highest BCUT2D eigenvalue weighted by atomic mass is 16.2. The zero-order chi connectivity index (χ0) is 24.0. The molecular formula is C30H26N2O2. The number of carbonyl (C=O) groups excluding carboxylic acids is 2. The van der Waals surface area contributed by atoms with Gasteiger partial charge in [-0.15, -0.1) is 0 Å². The molecule has 0 atom stereocenters. The number of amides is 2. The number of aromatic nitrogens is 1. The summed E-state index contributed by atoms with van der Waals surface area (Å²) in [6, 6.07) is 25.2. The van der Waals surface area contributed by atoms with Crippen LogP contribution in [-0.2, 0) is 4.79 Å². The van der Waals surface area contributed by atoms with E-state index in [9.17, 15) is 9.59 Å². The predicted octanol–water partition coefficient (Wildman–Crippen LogP) is 6.44. The van der Waals surface area contributed by atoms with Crippen LogP contribution in [0.2, 0.25) is 0 Å². The fourth-order valence-electron chi connectivity index (χ4n) is 4.69. The molecule has 2 heterocycles. The van der Waals surface area contributed by atoms with E-state index in [1.807, 2.05) is 67.6 Å². The molecule has 0 radical (unpaired) electrons. The Kier molecular flexibility index (Phi) is 5.29. The van der Waals surface area contributed by atoms with Crippen molar-refractivity contribution in [1.29, 1.82) is 0 Å². The number of hydrogen-bond donors (Lipinski definition) is 0. The molecule has 5 rings (SSSR count). The lowest BCUT2D eigenvalue weighted by molar-refractivity contribution is -0.112. The molecule has 1 aromatic heterocycles. The maximum Gasteiger partial charge on any atom is 0.265 e. The average Bonchev–Trinajstić information content (AvgIpc) is 3.11. The van der Waals surface area contributed by atoms with Gasteiger partial charge in [-0.1, -0.05) is 54.1 Å². The van der Waals surface area contributed by atoms with E-state index in [-0.39, 0.29) is 11.8 Å². The first-order chi connectivity index (χ1) is 16.4. The van der Waals surface area contributed by atoms with Gasteiger partial charge in [0.05, 0.1) is 5.69 Å². The molecule has 2 amide bonds. The number of benzene rings is 3. The van der Waals surface area contributed by atoms with Crippen molar-refractivity contribution in [2.45, 2.75) is 27.7 Å². The first-order valence-electron chi connectivity index (χ1n) is 11.4. The van der Waals surface area contributed by atoms with E-state index in [4.69, 9.17) is 0 Å². The molecule has 0 N–H and O–H groups in total. The minimum atomic E-state index is -0.312. The van der Waals surface area contributed by atoms with E-state index in [1.54, 1.807) is 6.07 Å². The van der Waals surface area contributed by atoms with Gasteiger partial charge in [-0.05, 0) is 80.8 Å². The molecule has 0 spiro atoms. The standard InChI is InChI=1S/C30H26N2O2/c1-19-13-15-24(16-14-19)32-29(33)26-11-7-6-10-25(26)27(30(32)34)18-23-17-21(3)31(22(23)4)28-12-8-5-9-20(28)2/h5-18H,1-4H3. The van der Waals surface area contributed by atoms with Crippen LogP contribution in [0.3, 0.4) is 0 Å². The van der Waals surface area contributed by atoms with Crippen LogP contribution in [0.1, 0.15) is 44.0 Å². The van der Waals surface area contributed by atoms with Crippen molar-refractivity contribution < 1.29 is 9.59 Å². The van der Waals surface area contributed by atoms with Crippen molar-refractivity contribution in [2.24, 2.45) is 0 Å². The summed E-state index contributed by atoms with van der Waals surface area (Å²) in [5.41, 5.74) is 8.74. The minimum absolute atomic E-state index is 0.299. The van der Waals surface area contributed by atoms with Gasteiger partial charge in [-0.2, -0.15) is 0 Å². The molecule has 1 aliphatic rings. The first kappa shape index (κ1) is 21.7. The Balaban J connectivity index is 1.68. The van der Waals surface area contributed by atoms with E-state index < -0.39 is 0 Å². The van der Waals surface area contributed by atoms with Crippen LogP contribution in [0, 0.1) is 27.7 Å². The van der Waals surface area contributed by atoms with Gasteiger partial charge in [-0.25, -0.2) is 4.90 Å². The number of anilines is 1. The number of carbonyl (C=O) groups is 2. The Hall–Kier alpha value is -4.18. The molecule has 4 heteroatoms.